The maximum absolute atomic E-state index is 12.1. The van der Waals surface area contributed by atoms with Crippen LogP contribution in [0.5, 0.6) is 0 Å². The standard InChI is InChI=1S/C15H22BrN3O3/c1-13(2,3)22-12(21)19-15(7-14(4,8-15)9-20)11-17-5-10(16)6-18-11/h5-6,20H,7-9H2,1-4H3,(H,19,21). The van der Waals surface area contributed by atoms with Gasteiger partial charge in [-0.05, 0) is 55.0 Å². The Morgan fingerprint density at radius 1 is 1.41 bits per heavy atom. The number of hydrogen-bond donors (Lipinski definition) is 2. The van der Waals surface area contributed by atoms with E-state index in [9.17, 15) is 9.90 Å². The fourth-order valence-electron chi connectivity index (χ4n) is 2.88. The van der Waals surface area contributed by atoms with Gasteiger partial charge < -0.3 is 15.2 Å². The molecule has 0 saturated heterocycles. The van der Waals surface area contributed by atoms with Crippen molar-refractivity contribution in [1.29, 1.82) is 0 Å². The van der Waals surface area contributed by atoms with E-state index in [0.29, 0.717) is 18.7 Å². The molecule has 0 radical (unpaired) electrons. The van der Waals surface area contributed by atoms with Gasteiger partial charge in [-0.1, -0.05) is 6.92 Å². The van der Waals surface area contributed by atoms with Gasteiger partial charge in [-0.25, -0.2) is 14.8 Å². The van der Waals surface area contributed by atoms with Gasteiger partial charge in [0.05, 0.1) is 4.47 Å². The van der Waals surface area contributed by atoms with Gasteiger partial charge >= 0.3 is 6.09 Å². The molecule has 0 atom stereocenters. The van der Waals surface area contributed by atoms with Crippen LogP contribution in [0.1, 0.15) is 46.4 Å². The third-order valence-corrected chi connectivity index (χ3v) is 4.04. The lowest BCUT2D eigenvalue weighted by Crippen LogP contribution is -2.61. The number of halogens is 1. The molecule has 0 aromatic carbocycles. The van der Waals surface area contributed by atoms with Crippen molar-refractivity contribution in [3.8, 4) is 0 Å². The van der Waals surface area contributed by atoms with Gasteiger partial charge in [-0.15, -0.1) is 0 Å². The molecule has 6 nitrogen and oxygen atoms in total. The van der Waals surface area contributed by atoms with Gasteiger partial charge in [0.25, 0.3) is 0 Å². The van der Waals surface area contributed by atoms with Crippen LogP contribution < -0.4 is 5.32 Å². The minimum absolute atomic E-state index is 0.0568. The van der Waals surface area contributed by atoms with Gasteiger partial charge in [0, 0.05) is 19.0 Å². The zero-order chi connectivity index (χ0) is 16.6. The van der Waals surface area contributed by atoms with E-state index in [4.69, 9.17) is 4.74 Å². The van der Waals surface area contributed by atoms with Crippen LogP contribution in [0.3, 0.4) is 0 Å². The summed E-state index contributed by atoms with van der Waals surface area (Å²) in [5.74, 6) is 0.535. The van der Waals surface area contributed by atoms with E-state index < -0.39 is 17.2 Å². The third-order valence-electron chi connectivity index (χ3n) is 3.63. The Bertz CT molecular complexity index is 548. The molecule has 2 N–H and O–H groups in total. The van der Waals surface area contributed by atoms with Gasteiger partial charge in [0.2, 0.25) is 0 Å². The van der Waals surface area contributed by atoms with Crippen molar-refractivity contribution in [1.82, 2.24) is 15.3 Å². The van der Waals surface area contributed by atoms with Crippen LogP contribution in [0.25, 0.3) is 0 Å². The molecule has 0 spiro atoms. The van der Waals surface area contributed by atoms with Crippen LogP contribution in [0.15, 0.2) is 16.9 Å². The summed E-state index contributed by atoms with van der Waals surface area (Å²) in [6.45, 7) is 7.47. The maximum Gasteiger partial charge on any atom is 0.408 e. The predicted octanol–water partition coefficient (Wildman–Crippen LogP) is 2.75. The Balaban J connectivity index is 2.21. The zero-order valence-corrected chi connectivity index (χ0v) is 14.9. The molecular formula is C15H22BrN3O3. The first-order chi connectivity index (χ1) is 10.1. The van der Waals surface area contributed by atoms with E-state index in [2.05, 4.69) is 31.2 Å². The SMILES string of the molecule is CC1(CO)CC(NC(=O)OC(C)(C)C)(c2ncc(Br)cn2)C1. The number of nitrogens with zero attached hydrogens (tertiary/aromatic N) is 2. The highest BCUT2D eigenvalue weighted by atomic mass is 79.9. The van der Waals surface area contributed by atoms with Crippen LogP contribution in [0, 0.1) is 5.41 Å². The molecule has 1 fully saturated rings. The molecule has 1 amide bonds. The number of carbonyl (C=O) groups excluding carboxylic acids is 1. The monoisotopic (exact) mass is 371 g/mol. The summed E-state index contributed by atoms with van der Waals surface area (Å²) in [6.07, 6.45) is 3.93. The third kappa shape index (κ3) is 3.76. The highest BCUT2D eigenvalue weighted by Crippen LogP contribution is 2.52. The predicted molar refractivity (Wildman–Crippen MR) is 85.2 cm³/mol. The van der Waals surface area contributed by atoms with Crippen molar-refractivity contribution < 1.29 is 14.6 Å². The molecule has 2 rings (SSSR count). The molecular weight excluding hydrogens is 350 g/mol. The highest BCUT2D eigenvalue weighted by molar-refractivity contribution is 9.10. The van der Waals surface area contributed by atoms with E-state index in [1.54, 1.807) is 12.4 Å². The summed E-state index contributed by atoms with van der Waals surface area (Å²) < 4.78 is 6.11. The van der Waals surface area contributed by atoms with Crippen molar-refractivity contribution in [3.63, 3.8) is 0 Å². The lowest BCUT2D eigenvalue weighted by Gasteiger charge is -2.52. The fourth-order valence-corrected chi connectivity index (χ4v) is 3.08. The van der Waals surface area contributed by atoms with Crippen LogP contribution in [0.2, 0.25) is 0 Å². The zero-order valence-electron chi connectivity index (χ0n) is 13.3. The molecule has 0 aliphatic heterocycles. The number of aliphatic hydroxyl groups excluding tert-OH is 1. The Morgan fingerprint density at radius 3 is 2.41 bits per heavy atom. The van der Waals surface area contributed by atoms with E-state index in [0.717, 1.165) is 4.47 Å². The molecule has 0 bridgehead atoms. The summed E-state index contributed by atoms with van der Waals surface area (Å²) in [5, 5.41) is 12.4. The van der Waals surface area contributed by atoms with Crippen molar-refractivity contribution >= 4 is 22.0 Å². The second kappa shape index (κ2) is 5.77. The molecule has 7 heteroatoms. The van der Waals surface area contributed by atoms with Crippen LogP contribution in [0.4, 0.5) is 4.79 Å². The number of ether oxygens (including phenoxy) is 1. The summed E-state index contributed by atoms with van der Waals surface area (Å²) in [7, 11) is 0. The van der Waals surface area contributed by atoms with Crippen LogP contribution in [-0.2, 0) is 10.3 Å². The van der Waals surface area contributed by atoms with Gasteiger partial charge in [0.15, 0.2) is 5.82 Å². The van der Waals surface area contributed by atoms with Crippen molar-refractivity contribution in [2.75, 3.05) is 6.61 Å². The molecule has 122 valence electrons. The first-order valence-corrected chi connectivity index (χ1v) is 7.97. The minimum Gasteiger partial charge on any atom is -0.444 e. The molecule has 1 saturated carbocycles. The summed E-state index contributed by atoms with van der Waals surface area (Å²) in [4.78, 5) is 20.8. The number of amides is 1. The number of alkyl carbamates (subject to hydrolysis) is 1. The Labute approximate surface area is 138 Å². The Kier molecular flexibility index (Phi) is 4.50. The molecule has 1 aromatic heterocycles. The van der Waals surface area contributed by atoms with Gasteiger partial charge in [-0.3, -0.25) is 0 Å². The Morgan fingerprint density at radius 2 is 1.95 bits per heavy atom. The molecule has 1 aromatic rings. The number of nitrogens with one attached hydrogen (secondary N) is 1. The van der Waals surface area contributed by atoms with Gasteiger partial charge in [-0.2, -0.15) is 0 Å². The number of aromatic nitrogens is 2. The summed E-state index contributed by atoms with van der Waals surface area (Å²) in [6, 6.07) is 0. The molecule has 0 unspecified atom stereocenters. The topological polar surface area (TPSA) is 84.3 Å². The van der Waals surface area contributed by atoms with E-state index in [1.165, 1.54) is 0 Å². The Hall–Kier alpha value is -1.21. The van der Waals surface area contributed by atoms with E-state index in [-0.39, 0.29) is 12.0 Å². The van der Waals surface area contributed by atoms with Crippen LogP contribution in [-0.4, -0.2) is 33.4 Å². The smallest absolute Gasteiger partial charge is 0.408 e. The molecule has 1 aliphatic rings. The number of carbonyl (C=O) groups is 1. The quantitative estimate of drug-likeness (QED) is 0.853. The maximum atomic E-state index is 12.1. The largest absolute Gasteiger partial charge is 0.444 e. The van der Waals surface area contributed by atoms with Crippen molar-refractivity contribution in [2.45, 2.75) is 51.7 Å². The summed E-state index contributed by atoms with van der Waals surface area (Å²) >= 11 is 3.30. The minimum atomic E-state index is -0.694. The second-order valence-electron chi connectivity index (χ2n) is 7.26. The molecule has 1 aliphatic carbocycles. The second-order valence-corrected chi connectivity index (χ2v) is 8.17. The fraction of sp³-hybridized carbons (Fsp3) is 0.667. The number of hydrogen-bond acceptors (Lipinski definition) is 5. The van der Waals surface area contributed by atoms with Gasteiger partial charge in [0.1, 0.15) is 11.1 Å². The highest BCUT2D eigenvalue weighted by Gasteiger charge is 2.55. The first-order valence-electron chi connectivity index (χ1n) is 7.18. The summed E-state index contributed by atoms with van der Waals surface area (Å²) in [5.41, 5.74) is -1.51. The average molecular weight is 372 g/mol. The van der Waals surface area contributed by atoms with E-state index >= 15 is 0 Å². The average Bonchev–Trinajstić information content (AvgIpc) is 2.34. The van der Waals surface area contributed by atoms with Crippen LogP contribution >= 0.6 is 15.9 Å². The molecule has 1 heterocycles. The first kappa shape index (κ1) is 17.1. The lowest BCUT2D eigenvalue weighted by atomic mass is 9.58. The van der Waals surface area contributed by atoms with Crippen molar-refractivity contribution in [2.24, 2.45) is 5.41 Å². The number of rotatable bonds is 3. The number of aliphatic hydroxyl groups is 1. The normalized spacial score (nSPS) is 27.9. The molecule has 22 heavy (non-hydrogen) atoms. The van der Waals surface area contributed by atoms with E-state index in [1.807, 2.05) is 27.7 Å². The lowest BCUT2D eigenvalue weighted by molar-refractivity contribution is -0.0414. The van der Waals surface area contributed by atoms with Crippen molar-refractivity contribution in [3.05, 3.63) is 22.7 Å².